The Hall–Kier alpha value is -1.71. The van der Waals surface area contributed by atoms with Gasteiger partial charge in [0.05, 0.1) is 7.11 Å². The van der Waals surface area contributed by atoms with Crippen molar-refractivity contribution >= 4 is 17.5 Å². The van der Waals surface area contributed by atoms with Crippen molar-refractivity contribution in [3.63, 3.8) is 0 Å². The van der Waals surface area contributed by atoms with Gasteiger partial charge in [0.1, 0.15) is 5.57 Å². The Morgan fingerprint density at radius 2 is 1.88 bits per heavy atom. The third kappa shape index (κ3) is 1.96. The molecule has 0 spiro atoms. The fourth-order valence-corrected chi connectivity index (χ4v) is 1.68. The smallest absolute Gasteiger partial charge is 0.342 e. The number of allylic oxidation sites excluding steroid dienone is 3. The Morgan fingerprint density at radius 3 is 2.31 bits per heavy atom. The summed E-state index contributed by atoms with van der Waals surface area (Å²) in [5.41, 5.74) is 0.595. The van der Waals surface area contributed by atoms with E-state index in [1.807, 2.05) is 0 Å². The minimum Gasteiger partial charge on any atom is -0.465 e. The lowest BCUT2D eigenvalue weighted by Gasteiger charge is -2.15. The van der Waals surface area contributed by atoms with Crippen molar-refractivity contribution < 1.29 is 19.1 Å². The molecule has 1 aliphatic rings. The molecule has 0 aliphatic heterocycles. The predicted octanol–water partition coefficient (Wildman–Crippen LogP) is 1.35. The van der Waals surface area contributed by atoms with Gasteiger partial charge in [-0.25, -0.2) is 4.79 Å². The maximum absolute atomic E-state index is 11.9. The van der Waals surface area contributed by atoms with Crippen LogP contribution in [0.25, 0.3) is 0 Å². The van der Waals surface area contributed by atoms with Crippen LogP contribution in [-0.4, -0.2) is 24.6 Å². The zero-order valence-electron chi connectivity index (χ0n) is 9.62. The van der Waals surface area contributed by atoms with Gasteiger partial charge in [-0.15, -0.1) is 0 Å². The van der Waals surface area contributed by atoms with E-state index in [9.17, 15) is 14.4 Å². The molecule has 86 valence electrons. The number of ether oxygens (including phenoxy) is 1. The monoisotopic (exact) mass is 222 g/mol. The number of carbonyl (C=O) groups excluding carboxylic acids is 3. The molecule has 0 amide bonds. The van der Waals surface area contributed by atoms with Gasteiger partial charge in [-0.2, -0.15) is 0 Å². The van der Waals surface area contributed by atoms with Gasteiger partial charge in [0, 0.05) is 11.1 Å². The lowest BCUT2D eigenvalue weighted by molar-refractivity contribution is -0.138. The molecule has 0 fully saturated rings. The Morgan fingerprint density at radius 1 is 1.25 bits per heavy atom. The highest BCUT2D eigenvalue weighted by Crippen LogP contribution is 2.24. The minimum absolute atomic E-state index is 0.118. The molecule has 0 aromatic rings. The fraction of sp³-hybridized carbons (Fsp3) is 0.417. The average Bonchev–Trinajstić information content (AvgIpc) is 2.29. The fourth-order valence-electron chi connectivity index (χ4n) is 1.68. The summed E-state index contributed by atoms with van der Waals surface area (Å²) in [6.45, 7) is 3.54. The molecule has 1 aliphatic carbocycles. The molecule has 0 aromatic carbocycles. The van der Waals surface area contributed by atoms with Crippen molar-refractivity contribution in [2.45, 2.75) is 26.7 Å². The van der Waals surface area contributed by atoms with Crippen LogP contribution >= 0.6 is 0 Å². The van der Waals surface area contributed by atoms with Gasteiger partial charge in [0.25, 0.3) is 0 Å². The Balaban J connectivity index is 3.28. The highest BCUT2D eigenvalue weighted by molar-refractivity contribution is 6.32. The molecule has 0 unspecified atom stereocenters. The zero-order valence-corrected chi connectivity index (χ0v) is 9.62. The summed E-state index contributed by atoms with van der Waals surface area (Å²) in [5.74, 6) is -1.38. The number of carbonyl (C=O) groups is 3. The van der Waals surface area contributed by atoms with E-state index in [1.54, 1.807) is 13.8 Å². The summed E-state index contributed by atoms with van der Waals surface area (Å²) in [5, 5.41) is 0. The van der Waals surface area contributed by atoms with Gasteiger partial charge in [-0.1, -0.05) is 13.8 Å². The SMILES string of the molecule is CCC1=CC(=O)C(C(=O)OC)=C(CC)C1=O. The second-order valence-corrected chi connectivity index (χ2v) is 3.42. The van der Waals surface area contributed by atoms with E-state index in [1.165, 1.54) is 13.2 Å². The van der Waals surface area contributed by atoms with Crippen LogP contribution in [0.15, 0.2) is 22.8 Å². The maximum atomic E-state index is 11.9. The van der Waals surface area contributed by atoms with Crippen LogP contribution in [0.3, 0.4) is 0 Å². The number of hydrogen-bond donors (Lipinski definition) is 0. The van der Waals surface area contributed by atoms with Crippen LogP contribution in [0.4, 0.5) is 0 Å². The van der Waals surface area contributed by atoms with E-state index in [0.29, 0.717) is 18.4 Å². The zero-order chi connectivity index (χ0) is 12.3. The van der Waals surface area contributed by atoms with Crippen LogP contribution in [0.5, 0.6) is 0 Å². The number of esters is 1. The summed E-state index contributed by atoms with van der Waals surface area (Å²) >= 11 is 0. The highest BCUT2D eigenvalue weighted by atomic mass is 16.5. The number of Topliss-reactive ketones (excluding diaryl/α,β-unsaturated/α-hetero) is 1. The minimum atomic E-state index is -0.735. The van der Waals surface area contributed by atoms with E-state index in [0.717, 1.165) is 0 Å². The lowest BCUT2D eigenvalue weighted by atomic mass is 9.87. The second kappa shape index (κ2) is 4.88. The van der Waals surface area contributed by atoms with Crippen molar-refractivity contribution in [3.05, 3.63) is 22.8 Å². The van der Waals surface area contributed by atoms with Gasteiger partial charge < -0.3 is 4.74 Å². The molecule has 0 radical (unpaired) electrons. The van der Waals surface area contributed by atoms with Crippen LogP contribution < -0.4 is 0 Å². The topological polar surface area (TPSA) is 60.4 Å². The van der Waals surface area contributed by atoms with Gasteiger partial charge in [-0.3, -0.25) is 9.59 Å². The van der Waals surface area contributed by atoms with Crippen molar-refractivity contribution in [2.24, 2.45) is 0 Å². The van der Waals surface area contributed by atoms with Crippen LogP contribution in [0, 0.1) is 0 Å². The first-order chi connectivity index (χ1) is 7.56. The molecule has 0 atom stereocenters. The molecular formula is C12H14O4. The molecule has 0 bridgehead atoms. The molecule has 1 rings (SSSR count). The Bertz CT molecular complexity index is 413. The number of ketones is 2. The molecule has 0 aromatic heterocycles. The van der Waals surface area contributed by atoms with Crippen LogP contribution in [0.2, 0.25) is 0 Å². The second-order valence-electron chi connectivity index (χ2n) is 3.42. The normalized spacial score (nSPS) is 16.3. The van der Waals surface area contributed by atoms with Gasteiger partial charge in [-0.05, 0) is 18.9 Å². The van der Waals surface area contributed by atoms with E-state index < -0.39 is 11.8 Å². The van der Waals surface area contributed by atoms with Crippen molar-refractivity contribution in [1.82, 2.24) is 0 Å². The third-order valence-electron chi connectivity index (χ3n) is 2.54. The van der Waals surface area contributed by atoms with Crippen molar-refractivity contribution in [3.8, 4) is 0 Å². The predicted molar refractivity (Wildman–Crippen MR) is 57.7 cm³/mol. The summed E-state index contributed by atoms with van der Waals surface area (Å²) in [4.78, 5) is 35.0. The third-order valence-corrected chi connectivity index (χ3v) is 2.54. The van der Waals surface area contributed by atoms with Gasteiger partial charge in [0.15, 0.2) is 11.6 Å². The lowest BCUT2D eigenvalue weighted by Crippen LogP contribution is -2.24. The van der Waals surface area contributed by atoms with E-state index >= 15 is 0 Å². The standard InChI is InChI=1S/C12H14O4/c1-4-7-6-9(13)10(12(15)16-3)8(5-2)11(7)14/h6H,4-5H2,1-3H3. The first-order valence-electron chi connectivity index (χ1n) is 5.17. The number of rotatable bonds is 3. The van der Waals surface area contributed by atoms with E-state index in [4.69, 9.17) is 0 Å². The van der Waals surface area contributed by atoms with Gasteiger partial charge in [0.2, 0.25) is 0 Å². The molecule has 4 nitrogen and oxygen atoms in total. The first kappa shape index (κ1) is 12.4. The molecule has 16 heavy (non-hydrogen) atoms. The number of hydrogen-bond acceptors (Lipinski definition) is 4. The quantitative estimate of drug-likeness (QED) is 0.411. The molecule has 0 N–H and O–H groups in total. The summed E-state index contributed by atoms with van der Waals surface area (Å²) in [6.07, 6.45) is 2.07. The Labute approximate surface area is 94.0 Å². The summed E-state index contributed by atoms with van der Waals surface area (Å²) in [6, 6.07) is 0. The van der Waals surface area contributed by atoms with Gasteiger partial charge >= 0.3 is 5.97 Å². The van der Waals surface area contributed by atoms with Crippen LogP contribution in [-0.2, 0) is 19.1 Å². The van der Waals surface area contributed by atoms with Crippen molar-refractivity contribution in [1.29, 1.82) is 0 Å². The molecular weight excluding hydrogens is 208 g/mol. The van der Waals surface area contributed by atoms with Crippen molar-refractivity contribution in [2.75, 3.05) is 7.11 Å². The maximum Gasteiger partial charge on any atom is 0.342 e. The van der Waals surface area contributed by atoms with E-state index in [-0.39, 0.29) is 16.9 Å². The molecule has 0 heterocycles. The molecule has 4 heteroatoms. The Kier molecular flexibility index (Phi) is 3.77. The largest absolute Gasteiger partial charge is 0.465 e. The summed E-state index contributed by atoms with van der Waals surface area (Å²) in [7, 11) is 1.19. The highest BCUT2D eigenvalue weighted by Gasteiger charge is 2.31. The average molecular weight is 222 g/mol. The van der Waals surface area contributed by atoms with E-state index in [2.05, 4.69) is 4.74 Å². The molecule has 0 saturated carbocycles. The number of methoxy groups -OCH3 is 1. The first-order valence-corrected chi connectivity index (χ1v) is 5.17. The summed E-state index contributed by atoms with van der Waals surface area (Å²) < 4.78 is 4.51. The van der Waals surface area contributed by atoms with Crippen LogP contribution in [0.1, 0.15) is 26.7 Å². The molecule has 0 saturated heterocycles.